The molecule has 0 aromatic carbocycles. The fourth-order valence-electron chi connectivity index (χ4n) is 4.69. The molecule has 1 saturated carbocycles. The number of rotatable bonds is 2. The van der Waals surface area contributed by atoms with Gasteiger partial charge in [0, 0.05) is 50.7 Å². The molecule has 3 fully saturated rings. The molecule has 1 aromatic rings. The molecular weight excluding hydrogens is 322 g/mol. The van der Waals surface area contributed by atoms with E-state index in [0.717, 1.165) is 57.7 Å². The molecule has 0 unspecified atom stereocenters. The molecule has 2 aliphatic heterocycles. The molecule has 3 aliphatic rings. The first kappa shape index (κ1) is 16.5. The summed E-state index contributed by atoms with van der Waals surface area (Å²) in [7, 11) is 2.16. The molecule has 4 atom stereocenters. The maximum Gasteiger partial charge on any atom is 0.254 e. The van der Waals surface area contributed by atoms with Crippen molar-refractivity contribution in [2.75, 3.05) is 46.3 Å². The van der Waals surface area contributed by atoms with Crippen LogP contribution < -0.4 is 0 Å². The number of aliphatic hydroxyl groups excluding tert-OH is 1. The van der Waals surface area contributed by atoms with E-state index in [1.807, 2.05) is 21.7 Å². The number of fused-ring (bicyclic) bond motifs is 1. The zero-order valence-electron chi connectivity index (χ0n) is 14.3. The summed E-state index contributed by atoms with van der Waals surface area (Å²) in [4.78, 5) is 19.4. The number of aliphatic hydroxyl groups is 1. The van der Waals surface area contributed by atoms with Crippen molar-refractivity contribution in [1.29, 1.82) is 0 Å². The number of thiophene rings is 1. The molecule has 24 heavy (non-hydrogen) atoms. The molecule has 0 bridgehead atoms. The third-order valence-electron chi connectivity index (χ3n) is 6.17. The van der Waals surface area contributed by atoms with E-state index in [1.165, 1.54) is 0 Å². The third kappa shape index (κ3) is 3.12. The Morgan fingerprint density at radius 1 is 1.17 bits per heavy atom. The van der Waals surface area contributed by atoms with Gasteiger partial charge in [0.25, 0.3) is 5.91 Å². The first-order valence-electron chi connectivity index (χ1n) is 9.04. The van der Waals surface area contributed by atoms with E-state index in [2.05, 4.69) is 16.8 Å². The standard InChI is InChI=1S/C18H27N3O2S/c1-19-3-5-20(6-4-19)16-8-14-10-21(11-15(14)9-17(16)22)18(23)13-2-7-24-12-13/h2,7,12,14-17,22H,3-6,8-11H2,1H3/t14-,15+,16-,17-/m1/s1. The van der Waals surface area contributed by atoms with Gasteiger partial charge >= 0.3 is 0 Å². The van der Waals surface area contributed by atoms with Crippen LogP contribution in [0.5, 0.6) is 0 Å². The normalized spacial score (nSPS) is 35.2. The Labute approximate surface area is 147 Å². The highest BCUT2D eigenvalue weighted by Gasteiger charge is 2.44. The summed E-state index contributed by atoms with van der Waals surface area (Å²) in [6, 6.07) is 2.19. The van der Waals surface area contributed by atoms with Crippen LogP contribution in [0.2, 0.25) is 0 Å². The largest absolute Gasteiger partial charge is 0.391 e. The number of likely N-dealkylation sites (N-methyl/N-ethyl adjacent to an activating group) is 1. The number of hydrogen-bond acceptors (Lipinski definition) is 5. The van der Waals surface area contributed by atoms with Gasteiger partial charge in [0.05, 0.1) is 11.7 Å². The van der Waals surface area contributed by atoms with Crippen molar-refractivity contribution in [2.24, 2.45) is 11.8 Å². The number of hydrogen-bond donors (Lipinski definition) is 1. The Hall–Kier alpha value is -0.950. The van der Waals surface area contributed by atoms with Crippen molar-refractivity contribution < 1.29 is 9.90 Å². The molecule has 5 nitrogen and oxygen atoms in total. The molecule has 2 saturated heterocycles. The Balaban J connectivity index is 1.40. The van der Waals surface area contributed by atoms with Gasteiger partial charge in [0.1, 0.15) is 0 Å². The topological polar surface area (TPSA) is 47.0 Å². The molecule has 132 valence electrons. The second-order valence-corrected chi connectivity index (χ2v) is 8.47. The first-order valence-corrected chi connectivity index (χ1v) is 9.98. The van der Waals surface area contributed by atoms with Crippen LogP contribution in [-0.4, -0.2) is 84.2 Å². The molecule has 1 aliphatic carbocycles. The minimum atomic E-state index is -0.245. The fourth-order valence-corrected chi connectivity index (χ4v) is 5.32. The smallest absolute Gasteiger partial charge is 0.254 e. The van der Waals surface area contributed by atoms with E-state index in [4.69, 9.17) is 0 Å². The van der Waals surface area contributed by atoms with Gasteiger partial charge < -0.3 is 14.9 Å². The lowest BCUT2D eigenvalue weighted by Crippen LogP contribution is -2.55. The molecule has 1 amide bonds. The minimum Gasteiger partial charge on any atom is -0.391 e. The molecule has 6 heteroatoms. The van der Waals surface area contributed by atoms with Gasteiger partial charge in [-0.15, -0.1) is 0 Å². The van der Waals surface area contributed by atoms with Crippen LogP contribution >= 0.6 is 11.3 Å². The van der Waals surface area contributed by atoms with Crippen LogP contribution in [0.1, 0.15) is 23.2 Å². The molecule has 3 heterocycles. The monoisotopic (exact) mass is 349 g/mol. The lowest BCUT2D eigenvalue weighted by Gasteiger charge is -2.44. The summed E-state index contributed by atoms with van der Waals surface area (Å²) in [6.45, 7) is 5.93. The molecule has 0 spiro atoms. The van der Waals surface area contributed by atoms with Crippen LogP contribution in [0.15, 0.2) is 16.8 Å². The van der Waals surface area contributed by atoms with Gasteiger partial charge in [-0.2, -0.15) is 11.3 Å². The summed E-state index contributed by atoms with van der Waals surface area (Å²) in [6.07, 6.45) is 1.63. The van der Waals surface area contributed by atoms with E-state index in [0.29, 0.717) is 11.8 Å². The SMILES string of the molecule is CN1CCN([C@@H]2C[C@@H]3CN(C(=O)c4ccsc4)C[C@@H]3C[C@H]2O)CC1. The Morgan fingerprint density at radius 3 is 2.54 bits per heavy atom. The summed E-state index contributed by atoms with van der Waals surface area (Å²) in [5.41, 5.74) is 0.815. The highest BCUT2D eigenvalue weighted by molar-refractivity contribution is 7.08. The summed E-state index contributed by atoms with van der Waals surface area (Å²) in [5, 5.41) is 14.6. The minimum absolute atomic E-state index is 0.163. The number of nitrogens with zero attached hydrogens (tertiary/aromatic N) is 3. The van der Waals surface area contributed by atoms with Crippen molar-refractivity contribution in [1.82, 2.24) is 14.7 Å². The maximum absolute atomic E-state index is 12.6. The molecule has 1 aromatic heterocycles. The molecule has 4 rings (SSSR count). The third-order valence-corrected chi connectivity index (χ3v) is 6.85. The highest BCUT2D eigenvalue weighted by Crippen LogP contribution is 2.39. The van der Waals surface area contributed by atoms with Crippen LogP contribution in [0.3, 0.4) is 0 Å². The van der Waals surface area contributed by atoms with Crippen molar-refractivity contribution in [3.63, 3.8) is 0 Å². The van der Waals surface area contributed by atoms with Gasteiger partial charge in [0.15, 0.2) is 0 Å². The zero-order chi connectivity index (χ0) is 16.7. The van der Waals surface area contributed by atoms with Crippen molar-refractivity contribution in [3.8, 4) is 0 Å². The quantitative estimate of drug-likeness (QED) is 0.872. The van der Waals surface area contributed by atoms with E-state index < -0.39 is 0 Å². The van der Waals surface area contributed by atoms with Crippen LogP contribution in [-0.2, 0) is 0 Å². The number of amides is 1. The number of piperazine rings is 1. The average Bonchev–Trinajstić information content (AvgIpc) is 3.23. The van der Waals surface area contributed by atoms with Crippen molar-refractivity contribution in [3.05, 3.63) is 22.4 Å². The Kier molecular flexibility index (Phi) is 4.64. The van der Waals surface area contributed by atoms with Gasteiger partial charge in [-0.1, -0.05) is 0 Å². The predicted octanol–water partition coefficient (Wildman–Crippen LogP) is 1.21. The van der Waals surface area contributed by atoms with E-state index in [1.54, 1.807) is 11.3 Å². The van der Waals surface area contributed by atoms with Crippen LogP contribution in [0.4, 0.5) is 0 Å². The lowest BCUT2D eigenvalue weighted by molar-refractivity contribution is -0.0249. The van der Waals surface area contributed by atoms with Gasteiger partial charge in [-0.3, -0.25) is 9.69 Å². The second kappa shape index (κ2) is 6.75. The number of likely N-dealkylation sites (tertiary alicyclic amines) is 1. The van der Waals surface area contributed by atoms with E-state index in [-0.39, 0.29) is 18.1 Å². The van der Waals surface area contributed by atoms with Crippen molar-refractivity contribution in [2.45, 2.75) is 25.0 Å². The first-order chi connectivity index (χ1) is 11.6. The van der Waals surface area contributed by atoms with Crippen molar-refractivity contribution >= 4 is 17.2 Å². The predicted molar refractivity (Wildman–Crippen MR) is 95.3 cm³/mol. The summed E-state index contributed by atoms with van der Waals surface area (Å²) >= 11 is 1.57. The van der Waals surface area contributed by atoms with Crippen LogP contribution in [0, 0.1) is 11.8 Å². The average molecular weight is 350 g/mol. The number of carbonyl (C=O) groups excluding carboxylic acids is 1. The summed E-state index contributed by atoms with van der Waals surface area (Å²) < 4.78 is 0. The second-order valence-electron chi connectivity index (χ2n) is 7.69. The Morgan fingerprint density at radius 2 is 1.88 bits per heavy atom. The van der Waals surface area contributed by atoms with Crippen LogP contribution in [0.25, 0.3) is 0 Å². The lowest BCUT2D eigenvalue weighted by atomic mass is 9.77. The van der Waals surface area contributed by atoms with E-state index in [9.17, 15) is 9.90 Å². The van der Waals surface area contributed by atoms with Gasteiger partial charge in [-0.05, 0) is 43.2 Å². The summed E-state index contributed by atoms with van der Waals surface area (Å²) in [5.74, 6) is 1.17. The highest BCUT2D eigenvalue weighted by atomic mass is 32.1. The maximum atomic E-state index is 12.6. The fraction of sp³-hybridized carbons (Fsp3) is 0.722. The molecular formula is C18H27N3O2S. The van der Waals surface area contributed by atoms with E-state index >= 15 is 0 Å². The molecule has 0 radical (unpaired) electrons. The molecule has 1 N–H and O–H groups in total. The van der Waals surface area contributed by atoms with Gasteiger partial charge in [-0.25, -0.2) is 0 Å². The van der Waals surface area contributed by atoms with Gasteiger partial charge in [0.2, 0.25) is 0 Å². The zero-order valence-corrected chi connectivity index (χ0v) is 15.1. The number of carbonyl (C=O) groups is 1. The Bertz CT molecular complexity index is 571.